The molecule has 0 aromatic heterocycles. The molecule has 2 heteroatoms. The van der Waals surface area contributed by atoms with E-state index in [1.165, 1.54) is 21.9 Å². The Kier molecular flexibility index (Phi) is 3.43. The first-order valence-electron chi connectivity index (χ1n) is 5.82. The number of fused-ring (bicyclic) bond motifs is 4. The number of ether oxygens (including phenoxy) is 2. The second-order valence-electron chi connectivity index (χ2n) is 4.18. The van der Waals surface area contributed by atoms with E-state index in [1.807, 2.05) is 0 Å². The molecule has 0 heterocycles. The van der Waals surface area contributed by atoms with Gasteiger partial charge in [-0.2, -0.15) is 0 Å². The van der Waals surface area contributed by atoms with E-state index in [4.69, 9.17) is 9.47 Å². The number of terminal acetylenes is 1. The number of benzene rings is 2. The van der Waals surface area contributed by atoms with Crippen molar-refractivity contribution in [3.8, 4) is 24.3 Å². The highest BCUT2D eigenvalue weighted by Gasteiger charge is 2.14. The third-order valence-corrected chi connectivity index (χ3v) is 3.29. The van der Waals surface area contributed by atoms with Crippen molar-refractivity contribution in [2.45, 2.75) is 12.8 Å². The normalized spacial score (nSPS) is 11.8. The largest absolute Gasteiger partial charge is 0.493 e. The van der Waals surface area contributed by atoms with Gasteiger partial charge in [0.05, 0.1) is 14.2 Å². The van der Waals surface area contributed by atoms with E-state index in [1.54, 1.807) is 14.2 Å². The van der Waals surface area contributed by atoms with Crippen molar-refractivity contribution in [2.75, 3.05) is 14.2 Å². The van der Waals surface area contributed by atoms with Crippen LogP contribution in [0.4, 0.5) is 0 Å². The number of rotatable bonds is 2. The molecule has 2 nitrogen and oxygen atoms in total. The maximum atomic E-state index is 5.34. The van der Waals surface area contributed by atoms with Crippen molar-refractivity contribution in [3.05, 3.63) is 35.4 Å². The lowest BCUT2D eigenvalue weighted by atomic mass is 10.0. The fourth-order valence-electron chi connectivity index (χ4n) is 2.47. The van der Waals surface area contributed by atoms with Crippen LogP contribution in [-0.2, 0) is 12.8 Å². The van der Waals surface area contributed by atoms with E-state index in [0.717, 1.165) is 24.3 Å². The molecule has 0 spiro atoms. The monoisotopic (exact) mass is 240 g/mol. The van der Waals surface area contributed by atoms with Crippen LogP contribution in [0.5, 0.6) is 11.5 Å². The minimum Gasteiger partial charge on any atom is -0.493 e. The van der Waals surface area contributed by atoms with Crippen LogP contribution < -0.4 is 9.47 Å². The van der Waals surface area contributed by atoms with Gasteiger partial charge in [0, 0.05) is 0 Å². The average molecular weight is 240 g/mol. The lowest BCUT2D eigenvalue weighted by molar-refractivity contribution is 0.356. The second-order valence-corrected chi connectivity index (χ2v) is 4.18. The Bertz CT molecular complexity index is 597. The van der Waals surface area contributed by atoms with Crippen molar-refractivity contribution in [2.24, 2.45) is 0 Å². The molecule has 0 fully saturated rings. The fourth-order valence-corrected chi connectivity index (χ4v) is 2.47. The fraction of sp³-hybridized carbons (Fsp3) is 0.250. The summed E-state index contributed by atoms with van der Waals surface area (Å²) in [4.78, 5) is 0. The minimum atomic E-state index is 0.806. The second kappa shape index (κ2) is 5.01. The zero-order valence-electron chi connectivity index (χ0n) is 10.7. The molecular weight excluding hydrogens is 224 g/mol. The van der Waals surface area contributed by atoms with Gasteiger partial charge in [0.1, 0.15) is 0 Å². The molecule has 0 saturated heterocycles. The molecule has 0 atom stereocenters. The molecule has 0 aliphatic heterocycles. The van der Waals surface area contributed by atoms with E-state index in [9.17, 15) is 0 Å². The summed E-state index contributed by atoms with van der Waals surface area (Å²) < 4.78 is 10.7. The highest BCUT2D eigenvalue weighted by Crippen LogP contribution is 2.36. The molecule has 0 amide bonds. The van der Waals surface area contributed by atoms with Crippen LogP contribution in [0.3, 0.4) is 0 Å². The first-order valence-corrected chi connectivity index (χ1v) is 5.82. The Morgan fingerprint density at radius 2 is 1.56 bits per heavy atom. The number of aryl methyl sites for hydroxylation is 2. The van der Waals surface area contributed by atoms with Crippen molar-refractivity contribution >= 4 is 10.8 Å². The summed E-state index contributed by atoms with van der Waals surface area (Å²) in [5.41, 5.74) is 2.85. The third-order valence-electron chi connectivity index (χ3n) is 3.29. The number of methoxy groups -OCH3 is 2. The van der Waals surface area contributed by atoms with E-state index in [2.05, 4.69) is 37.1 Å². The van der Waals surface area contributed by atoms with Gasteiger partial charge >= 0.3 is 0 Å². The SMILES string of the molecule is C#C.COc1cc2cc3cc(c2cc1OC)CC3. The van der Waals surface area contributed by atoms with Gasteiger partial charge in [0.15, 0.2) is 11.5 Å². The zero-order chi connectivity index (χ0) is 13.1. The van der Waals surface area contributed by atoms with E-state index in [-0.39, 0.29) is 0 Å². The predicted octanol–water partition coefficient (Wildman–Crippen LogP) is 3.21. The molecule has 2 aromatic carbocycles. The summed E-state index contributed by atoms with van der Waals surface area (Å²) in [5.74, 6) is 1.62. The summed E-state index contributed by atoms with van der Waals surface area (Å²) in [6.07, 6.45) is 10.3. The first kappa shape index (κ1) is 12.3. The van der Waals surface area contributed by atoms with E-state index in [0.29, 0.717) is 0 Å². The Balaban J connectivity index is 0.000000574. The van der Waals surface area contributed by atoms with Crippen LogP contribution in [0.25, 0.3) is 10.8 Å². The van der Waals surface area contributed by atoms with E-state index >= 15 is 0 Å². The first-order chi connectivity index (χ1) is 8.81. The molecule has 92 valence electrons. The molecule has 0 unspecified atom stereocenters. The molecule has 18 heavy (non-hydrogen) atoms. The topological polar surface area (TPSA) is 18.5 Å². The molecule has 0 N–H and O–H groups in total. The molecule has 1 aliphatic carbocycles. The van der Waals surface area contributed by atoms with Crippen LogP contribution in [0.2, 0.25) is 0 Å². The van der Waals surface area contributed by atoms with Crippen LogP contribution in [0.15, 0.2) is 24.3 Å². The Morgan fingerprint density at radius 1 is 0.889 bits per heavy atom. The molecule has 2 bridgehead atoms. The summed E-state index contributed by atoms with van der Waals surface area (Å²) in [5, 5.41) is 2.54. The number of hydrogen-bond donors (Lipinski definition) is 0. The minimum absolute atomic E-state index is 0.806. The molecule has 0 saturated carbocycles. The quantitative estimate of drug-likeness (QED) is 0.750. The van der Waals surface area contributed by atoms with Gasteiger partial charge in [-0.1, -0.05) is 12.1 Å². The Morgan fingerprint density at radius 3 is 2.22 bits per heavy atom. The van der Waals surface area contributed by atoms with Crippen molar-refractivity contribution in [3.63, 3.8) is 0 Å². The Hall–Kier alpha value is -2.14. The van der Waals surface area contributed by atoms with Gasteiger partial charge in [-0.25, -0.2) is 0 Å². The smallest absolute Gasteiger partial charge is 0.161 e. The van der Waals surface area contributed by atoms with Gasteiger partial charge in [-0.15, -0.1) is 12.8 Å². The molecule has 3 rings (SSSR count). The van der Waals surface area contributed by atoms with Gasteiger partial charge in [0.2, 0.25) is 0 Å². The summed E-state index contributed by atoms with van der Waals surface area (Å²) in [6.45, 7) is 0. The molecular formula is C16H16O2. The molecule has 2 aromatic rings. The van der Waals surface area contributed by atoms with Crippen molar-refractivity contribution in [1.29, 1.82) is 0 Å². The lowest BCUT2D eigenvalue weighted by Crippen LogP contribution is -1.91. The molecule has 0 radical (unpaired) electrons. The van der Waals surface area contributed by atoms with Crippen LogP contribution in [0, 0.1) is 12.8 Å². The van der Waals surface area contributed by atoms with Crippen molar-refractivity contribution < 1.29 is 9.47 Å². The van der Waals surface area contributed by atoms with Gasteiger partial charge in [0.25, 0.3) is 0 Å². The van der Waals surface area contributed by atoms with Crippen molar-refractivity contribution in [1.82, 2.24) is 0 Å². The van der Waals surface area contributed by atoms with Crippen LogP contribution in [-0.4, -0.2) is 14.2 Å². The van der Waals surface area contributed by atoms with Crippen LogP contribution in [0.1, 0.15) is 11.1 Å². The predicted molar refractivity (Wildman–Crippen MR) is 74.4 cm³/mol. The average Bonchev–Trinajstić information content (AvgIpc) is 2.83. The highest BCUT2D eigenvalue weighted by atomic mass is 16.5. The molecule has 1 aliphatic rings. The standard InChI is InChI=1S/C14H14O2.C2H2/c1-15-13-7-11-6-9-3-4-10(5-9)12(11)8-14(13)16-2;1-2/h5-8H,3-4H2,1-2H3;1-2H. The van der Waals surface area contributed by atoms with Gasteiger partial charge in [-0.3, -0.25) is 0 Å². The maximum absolute atomic E-state index is 5.34. The zero-order valence-corrected chi connectivity index (χ0v) is 10.7. The third kappa shape index (κ3) is 1.89. The Labute approximate surface area is 108 Å². The summed E-state index contributed by atoms with van der Waals surface area (Å²) in [7, 11) is 3.35. The summed E-state index contributed by atoms with van der Waals surface area (Å²) >= 11 is 0. The summed E-state index contributed by atoms with van der Waals surface area (Å²) in [6, 6.07) is 8.67. The number of hydrogen-bond acceptors (Lipinski definition) is 2. The van der Waals surface area contributed by atoms with Gasteiger partial charge in [-0.05, 0) is 46.9 Å². The highest BCUT2D eigenvalue weighted by molar-refractivity contribution is 5.90. The van der Waals surface area contributed by atoms with E-state index < -0.39 is 0 Å². The van der Waals surface area contributed by atoms with Gasteiger partial charge < -0.3 is 9.47 Å². The van der Waals surface area contributed by atoms with Crippen LogP contribution >= 0.6 is 0 Å². The maximum Gasteiger partial charge on any atom is 0.161 e. The lowest BCUT2D eigenvalue weighted by Gasteiger charge is -2.10.